The number of aromatic nitrogens is 1. The Hall–Kier alpha value is -2.03. The fourth-order valence-corrected chi connectivity index (χ4v) is 2.10. The van der Waals surface area contributed by atoms with E-state index in [1.165, 1.54) is 5.56 Å². The van der Waals surface area contributed by atoms with E-state index in [1.54, 1.807) is 0 Å². The lowest BCUT2D eigenvalue weighted by atomic mass is 10.0. The molecule has 0 saturated carbocycles. The van der Waals surface area contributed by atoms with Gasteiger partial charge in [0.15, 0.2) is 6.61 Å². The van der Waals surface area contributed by atoms with Crippen molar-refractivity contribution in [1.82, 2.24) is 4.57 Å². The van der Waals surface area contributed by atoms with Crippen LogP contribution in [0, 0.1) is 6.92 Å². The molecule has 0 N–H and O–H groups in total. The fourth-order valence-electron chi connectivity index (χ4n) is 2.10. The molecule has 0 bridgehead atoms. The lowest BCUT2D eigenvalue weighted by molar-refractivity contribution is 0.0913. The van der Waals surface area contributed by atoms with Crippen LogP contribution in [0.4, 0.5) is 0 Å². The number of nitrogens with zero attached hydrogens (tertiary/aromatic N) is 1. The summed E-state index contributed by atoms with van der Waals surface area (Å²) in [5.74, 6) is 1.23. The van der Waals surface area contributed by atoms with Gasteiger partial charge in [-0.1, -0.05) is 26.0 Å². The van der Waals surface area contributed by atoms with Crippen molar-refractivity contribution >= 4 is 5.78 Å². The molecule has 0 aliphatic rings. The predicted molar refractivity (Wildman–Crippen MR) is 80.5 cm³/mol. The molecular weight excluding hydrogens is 250 g/mol. The summed E-state index contributed by atoms with van der Waals surface area (Å²) in [7, 11) is 1.86. The molecule has 0 aliphatic carbocycles. The van der Waals surface area contributed by atoms with Crippen LogP contribution in [-0.2, 0) is 7.05 Å². The minimum absolute atomic E-state index is 0.00755. The van der Waals surface area contributed by atoms with Gasteiger partial charge in [0.25, 0.3) is 0 Å². The molecule has 0 saturated heterocycles. The first-order valence-electron chi connectivity index (χ1n) is 6.87. The lowest BCUT2D eigenvalue weighted by Crippen LogP contribution is -2.15. The third-order valence-electron chi connectivity index (χ3n) is 3.47. The highest BCUT2D eigenvalue weighted by atomic mass is 16.5. The second kappa shape index (κ2) is 5.95. The highest BCUT2D eigenvalue weighted by Gasteiger charge is 2.11. The molecular formula is C17H21NO2. The Morgan fingerprint density at radius 3 is 2.65 bits per heavy atom. The number of hydrogen-bond acceptors (Lipinski definition) is 2. The number of hydrogen-bond donors (Lipinski definition) is 0. The van der Waals surface area contributed by atoms with Crippen LogP contribution >= 0.6 is 0 Å². The minimum Gasteiger partial charge on any atom is -0.485 e. The van der Waals surface area contributed by atoms with E-state index in [0.29, 0.717) is 11.6 Å². The zero-order valence-electron chi connectivity index (χ0n) is 12.5. The van der Waals surface area contributed by atoms with E-state index in [-0.39, 0.29) is 12.4 Å². The van der Waals surface area contributed by atoms with E-state index >= 15 is 0 Å². The van der Waals surface area contributed by atoms with Crippen LogP contribution in [0.1, 0.15) is 41.4 Å². The topological polar surface area (TPSA) is 31.2 Å². The van der Waals surface area contributed by atoms with Crippen molar-refractivity contribution in [2.24, 2.45) is 7.05 Å². The predicted octanol–water partition coefficient (Wildman–Crippen LogP) is 3.72. The lowest BCUT2D eigenvalue weighted by Gasteiger charge is -2.12. The summed E-state index contributed by atoms with van der Waals surface area (Å²) in [5, 5.41) is 0. The Balaban J connectivity index is 2.09. The third kappa shape index (κ3) is 3.10. The van der Waals surface area contributed by atoms with E-state index in [2.05, 4.69) is 19.9 Å². The maximum Gasteiger partial charge on any atom is 0.216 e. The number of rotatable bonds is 5. The van der Waals surface area contributed by atoms with Gasteiger partial charge < -0.3 is 9.30 Å². The summed E-state index contributed by atoms with van der Waals surface area (Å²) in [6.45, 7) is 6.35. The van der Waals surface area contributed by atoms with Crippen molar-refractivity contribution in [1.29, 1.82) is 0 Å². The molecule has 0 fully saturated rings. The number of ether oxygens (including phenoxy) is 1. The fraction of sp³-hybridized carbons (Fsp3) is 0.353. The van der Waals surface area contributed by atoms with Gasteiger partial charge >= 0.3 is 0 Å². The largest absolute Gasteiger partial charge is 0.485 e. The SMILES string of the molecule is Cc1ccc(C(C)C)cc1OCC(=O)c1cccn1C. The first-order valence-corrected chi connectivity index (χ1v) is 6.87. The van der Waals surface area contributed by atoms with E-state index in [9.17, 15) is 4.79 Å². The summed E-state index contributed by atoms with van der Waals surface area (Å²) in [6, 6.07) is 9.84. The van der Waals surface area contributed by atoms with Gasteiger partial charge in [-0.05, 0) is 42.2 Å². The zero-order valence-corrected chi connectivity index (χ0v) is 12.5. The Bertz CT molecular complexity index is 611. The molecule has 0 amide bonds. The van der Waals surface area contributed by atoms with Gasteiger partial charge in [-0.15, -0.1) is 0 Å². The average molecular weight is 271 g/mol. The monoisotopic (exact) mass is 271 g/mol. The van der Waals surface area contributed by atoms with Crippen LogP contribution in [0.15, 0.2) is 36.5 Å². The molecule has 2 aromatic rings. The number of carbonyl (C=O) groups is 1. The number of aryl methyl sites for hydroxylation is 2. The number of carbonyl (C=O) groups excluding carboxylic acids is 1. The van der Waals surface area contributed by atoms with Gasteiger partial charge in [0.2, 0.25) is 5.78 Å². The molecule has 0 atom stereocenters. The van der Waals surface area contributed by atoms with Crippen molar-refractivity contribution < 1.29 is 9.53 Å². The second-order valence-electron chi connectivity index (χ2n) is 5.40. The molecule has 20 heavy (non-hydrogen) atoms. The third-order valence-corrected chi connectivity index (χ3v) is 3.47. The summed E-state index contributed by atoms with van der Waals surface area (Å²) in [4.78, 5) is 12.1. The average Bonchev–Trinajstić information content (AvgIpc) is 2.83. The molecule has 0 spiro atoms. The van der Waals surface area contributed by atoms with Crippen molar-refractivity contribution in [3.63, 3.8) is 0 Å². The zero-order chi connectivity index (χ0) is 14.7. The molecule has 3 heteroatoms. The second-order valence-corrected chi connectivity index (χ2v) is 5.40. The van der Waals surface area contributed by atoms with Crippen LogP contribution in [-0.4, -0.2) is 17.0 Å². The Morgan fingerprint density at radius 2 is 2.05 bits per heavy atom. The van der Waals surface area contributed by atoms with Gasteiger partial charge in [-0.25, -0.2) is 0 Å². The molecule has 1 heterocycles. The smallest absolute Gasteiger partial charge is 0.216 e. The summed E-state index contributed by atoms with van der Waals surface area (Å²) < 4.78 is 7.51. The van der Waals surface area contributed by atoms with Crippen LogP contribution in [0.25, 0.3) is 0 Å². The van der Waals surface area contributed by atoms with Gasteiger partial charge in [0, 0.05) is 13.2 Å². The summed E-state index contributed by atoms with van der Waals surface area (Å²) in [6.07, 6.45) is 1.86. The van der Waals surface area contributed by atoms with Gasteiger partial charge in [-0.2, -0.15) is 0 Å². The molecule has 1 aromatic carbocycles. The van der Waals surface area contributed by atoms with Crippen molar-refractivity contribution in [3.05, 3.63) is 53.3 Å². The van der Waals surface area contributed by atoms with E-state index in [0.717, 1.165) is 11.3 Å². The maximum absolute atomic E-state index is 12.1. The van der Waals surface area contributed by atoms with E-state index in [4.69, 9.17) is 4.74 Å². The normalized spacial score (nSPS) is 10.8. The minimum atomic E-state index is -0.00755. The highest BCUT2D eigenvalue weighted by molar-refractivity contribution is 5.95. The summed E-state index contributed by atoms with van der Waals surface area (Å²) >= 11 is 0. The summed E-state index contributed by atoms with van der Waals surface area (Å²) in [5.41, 5.74) is 2.94. The molecule has 0 radical (unpaired) electrons. The standard InChI is InChI=1S/C17H21NO2/c1-12(2)14-8-7-13(3)17(10-14)20-11-16(19)15-6-5-9-18(15)4/h5-10,12H,11H2,1-4H3. The molecule has 2 rings (SSSR count). The molecule has 3 nitrogen and oxygen atoms in total. The number of benzene rings is 1. The maximum atomic E-state index is 12.1. The van der Waals surface area contributed by atoms with Gasteiger partial charge in [-0.3, -0.25) is 4.79 Å². The van der Waals surface area contributed by atoms with Crippen molar-refractivity contribution in [2.45, 2.75) is 26.7 Å². The van der Waals surface area contributed by atoms with Gasteiger partial charge in [0.1, 0.15) is 5.75 Å². The molecule has 106 valence electrons. The van der Waals surface area contributed by atoms with Crippen LogP contribution in [0.2, 0.25) is 0 Å². The van der Waals surface area contributed by atoms with Gasteiger partial charge in [0.05, 0.1) is 5.69 Å². The van der Waals surface area contributed by atoms with E-state index < -0.39 is 0 Å². The highest BCUT2D eigenvalue weighted by Crippen LogP contribution is 2.24. The van der Waals surface area contributed by atoms with E-state index in [1.807, 2.05) is 49.0 Å². The Morgan fingerprint density at radius 1 is 1.30 bits per heavy atom. The van der Waals surface area contributed by atoms with Crippen molar-refractivity contribution in [2.75, 3.05) is 6.61 Å². The van der Waals surface area contributed by atoms with Crippen molar-refractivity contribution in [3.8, 4) is 5.75 Å². The number of Topliss-reactive ketones (excluding diaryl/α,β-unsaturated/α-hetero) is 1. The Kier molecular flexibility index (Phi) is 4.28. The van der Waals surface area contributed by atoms with Crippen LogP contribution in [0.5, 0.6) is 5.75 Å². The van der Waals surface area contributed by atoms with Crippen LogP contribution < -0.4 is 4.74 Å². The van der Waals surface area contributed by atoms with Crippen LogP contribution in [0.3, 0.4) is 0 Å². The molecule has 1 aromatic heterocycles. The molecule has 0 aliphatic heterocycles. The first-order chi connectivity index (χ1) is 9.49. The Labute approximate surface area is 120 Å². The quantitative estimate of drug-likeness (QED) is 0.776. The number of ketones is 1. The molecule has 0 unspecified atom stereocenters. The first kappa shape index (κ1) is 14.4.